The van der Waals surface area contributed by atoms with Gasteiger partial charge < -0.3 is 4.57 Å². The van der Waals surface area contributed by atoms with E-state index in [9.17, 15) is 0 Å². The average molecular weight is 629 g/mol. The number of rotatable bonds is 6. The van der Waals surface area contributed by atoms with Gasteiger partial charge in [0, 0.05) is 27.6 Å². The average Bonchev–Trinajstić information content (AvgIpc) is 3.76. The van der Waals surface area contributed by atoms with E-state index < -0.39 is 0 Å². The van der Waals surface area contributed by atoms with E-state index in [-0.39, 0.29) is 0 Å². The summed E-state index contributed by atoms with van der Waals surface area (Å²) in [5, 5.41) is 7.45. The SMILES string of the molecule is Cc1ccc(-c2ccc(-c3ccc4c(c3)c3ccccc3n4-c3ccc(-n4nc(-c5ccccc5)nc4-c4ccccc4)cc3)cc2)cc1. The number of nitrogens with zero attached hydrogens (tertiary/aromatic N) is 4. The molecule has 0 aliphatic rings. The Kier molecular flexibility index (Phi) is 6.98. The number of fused-ring (bicyclic) bond motifs is 3. The lowest BCUT2D eigenvalue weighted by atomic mass is 9.98. The molecule has 0 bridgehead atoms. The third-order valence-corrected chi connectivity index (χ3v) is 9.30. The van der Waals surface area contributed by atoms with Crippen LogP contribution in [-0.2, 0) is 0 Å². The van der Waals surface area contributed by atoms with Crippen LogP contribution in [0.2, 0.25) is 0 Å². The second-order valence-electron chi connectivity index (χ2n) is 12.4. The Balaban J connectivity index is 1.10. The summed E-state index contributed by atoms with van der Waals surface area (Å²) in [6, 6.07) is 62.1. The molecule has 0 N–H and O–H groups in total. The highest BCUT2D eigenvalue weighted by Crippen LogP contribution is 2.36. The van der Waals surface area contributed by atoms with Crippen molar-refractivity contribution in [2.45, 2.75) is 6.92 Å². The van der Waals surface area contributed by atoms with E-state index >= 15 is 0 Å². The first kappa shape index (κ1) is 28.7. The van der Waals surface area contributed by atoms with Crippen molar-refractivity contribution in [3.63, 3.8) is 0 Å². The Labute approximate surface area is 285 Å². The normalized spacial score (nSPS) is 11.4. The topological polar surface area (TPSA) is 35.6 Å². The van der Waals surface area contributed by atoms with Crippen LogP contribution in [-0.4, -0.2) is 19.3 Å². The summed E-state index contributed by atoms with van der Waals surface area (Å²) in [5.74, 6) is 1.51. The van der Waals surface area contributed by atoms with Gasteiger partial charge in [0.25, 0.3) is 0 Å². The molecule has 0 unspecified atom stereocenters. The summed E-state index contributed by atoms with van der Waals surface area (Å²) in [6.45, 7) is 2.12. The Morgan fingerprint density at radius 1 is 0.408 bits per heavy atom. The van der Waals surface area contributed by atoms with E-state index in [1.54, 1.807) is 0 Å². The molecule has 0 saturated carbocycles. The summed E-state index contributed by atoms with van der Waals surface area (Å²) < 4.78 is 4.30. The van der Waals surface area contributed by atoms with Crippen molar-refractivity contribution in [1.29, 1.82) is 0 Å². The molecule has 7 aromatic carbocycles. The van der Waals surface area contributed by atoms with Crippen molar-refractivity contribution in [1.82, 2.24) is 19.3 Å². The van der Waals surface area contributed by atoms with E-state index in [0.29, 0.717) is 5.82 Å². The lowest BCUT2D eigenvalue weighted by Gasteiger charge is -2.11. The van der Waals surface area contributed by atoms with Crippen molar-refractivity contribution < 1.29 is 0 Å². The number of para-hydroxylation sites is 1. The highest BCUT2D eigenvalue weighted by atomic mass is 15.4. The third kappa shape index (κ3) is 5.20. The number of aromatic nitrogens is 4. The minimum Gasteiger partial charge on any atom is -0.309 e. The largest absolute Gasteiger partial charge is 0.309 e. The van der Waals surface area contributed by atoms with Gasteiger partial charge in [-0.05, 0) is 71.6 Å². The van der Waals surface area contributed by atoms with E-state index in [1.807, 2.05) is 53.2 Å². The minimum atomic E-state index is 0.700. The highest BCUT2D eigenvalue weighted by molar-refractivity contribution is 6.10. The fraction of sp³-hybridized carbons (Fsp3) is 0.0222. The number of benzene rings is 7. The second kappa shape index (κ2) is 11.9. The Bertz CT molecular complexity index is 2560. The molecule has 0 fully saturated rings. The van der Waals surface area contributed by atoms with E-state index in [2.05, 4.69) is 139 Å². The first-order valence-corrected chi connectivity index (χ1v) is 16.6. The predicted octanol–water partition coefficient (Wildman–Crippen LogP) is 11.3. The van der Waals surface area contributed by atoms with Crippen LogP contribution in [0.5, 0.6) is 0 Å². The van der Waals surface area contributed by atoms with Crippen molar-refractivity contribution in [3.8, 4) is 56.4 Å². The molecule has 49 heavy (non-hydrogen) atoms. The first-order valence-electron chi connectivity index (χ1n) is 16.6. The summed E-state index contributed by atoms with van der Waals surface area (Å²) in [5.41, 5.74) is 12.5. The molecular weight excluding hydrogens is 597 g/mol. The molecule has 9 aromatic rings. The highest BCUT2D eigenvalue weighted by Gasteiger charge is 2.17. The van der Waals surface area contributed by atoms with Crippen LogP contribution in [0.15, 0.2) is 176 Å². The number of aryl methyl sites for hydroxylation is 1. The Hall–Kier alpha value is -6.52. The standard InChI is InChI=1S/C45H32N4/c1-31-16-18-32(19-17-31)33-20-22-34(23-21-33)37-24-29-43-41(30-37)40-14-8-9-15-42(40)48(43)38-25-27-39(28-26-38)49-45(36-12-6-3-7-13-36)46-44(47-49)35-10-4-2-5-11-35/h2-30H,1H3. The van der Waals surface area contributed by atoms with Gasteiger partial charge in [-0.1, -0.05) is 139 Å². The van der Waals surface area contributed by atoms with E-state index in [4.69, 9.17) is 10.1 Å². The van der Waals surface area contributed by atoms with Crippen LogP contribution in [0.25, 0.3) is 78.2 Å². The first-order chi connectivity index (χ1) is 24.2. The van der Waals surface area contributed by atoms with Gasteiger partial charge in [0.2, 0.25) is 0 Å². The molecule has 2 aromatic heterocycles. The van der Waals surface area contributed by atoms with Gasteiger partial charge >= 0.3 is 0 Å². The van der Waals surface area contributed by atoms with Gasteiger partial charge in [-0.2, -0.15) is 0 Å². The fourth-order valence-electron chi connectivity index (χ4n) is 6.75. The molecule has 232 valence electrons. The molecule has 4 heteroatoms. The molecule has 0 aliphatic carbocycles. The molecule has 0 amide bonds. The molecular formula is C45H32N4. The predicted molar refractivity (Wildman–Crippen MR) is 202 cm³/mol. The monoisotopic (exact) mass is 628 g/mol. The Morgan fingerprint density at radius 2 is 0.939 bits per heavy atom. The Morgan fingerprint density at radius 3 is 1.63 bits per heavy atom. The maximum absolute atomic E-state index is 4.98. The molecule has 2 heterocycles. The van der Waals surface area contributed by atoms with Crippen molar-refractivity contribution >= 4 is 21.8 Å². The molecule has 0 radical (unpaired) electrons. The zero-order valence-corrected chi connectivity index (χ0v) is 27.0. The summed E-state index contributed by atoms with van der Waals surface area (Å²) >= 11 is 0. The second-order valence-corrected chi connectivity index (χ2v) is 12.4. The molecule has 4 nitrogen and oxygen atoms in total. The molecule has 0 atom stereocenters. The van der Waals surface area contributed by atoms with Crippen LogP contribution >= 0.6 is 0 Å². The van der Waals surface area contributed by atoms with Crippen LogP contribution in [0, 0.1) is 6.92 Å². The smallest absolute Gasteiger partial charge is 0.182 e. The van der Waals surface area contributed by atoms with Crippen molar-refractivity contribution in [2.75, 3.05) is 0 Å². The van der Waals surface area contributed by atoms with Gasteiger partial charge in [0.05, 0.1) is 16.7 Å². The van der Waals surface area contributed by atoms with E-state index in [1.165, 1.54) is 49.6 Å². The zero-order chi connectivity index (χ0) is 32.7. The maximum Gasteiger partial charge on any atom is 0.182 e. The summed E-state index contributed by atoms with van der Waals surface area (Å²) in [6.07, 6.45) is 0. The lowest BCUT2D eigenvalue weighted by molar-refractivity contribution is 0.889. The number of hydrogen-bond donors (Lipinski definition) is 0. The fourth-order valence-corrected chi connectivity index (χ4v) is 6.75. The van der Waals surface area contributed by atoms with E-state index in [0.717, 1.165) is 28.3 Å². The van der Waals surface area contributed by atoms with Crippen LogP contribution in [0.3, 0.4) is 0 Å². The van der Waals surface area contributed by atoms with Gasteiger partial charge in [-0.25, -0.2) is 9.67 Å². The van der Waals surface area contributed by atoms with Gasteiger partial charge in [-0.3, -0.25) is 0 Å². The van der Waals surface area contributed by atoms with Gasteiger partial charge in [0.1, 0.15) is 0 Å². The molecule has 0 spiro atoms. The summed E-state index contributed by atoms with van der Waals surface area (Å²) in [7, 11) is 0. The zero-order valence-electron chi connectivity index (χ0n) is 27.0. The van der Waals surface area contributed by atoms with Crippen LogP contribution in [0.1, 0.15) is 5.56 Å². The maximum atomic E-state index is 4.98. The lowest BCUT2D eigenvalue weighted by Crippen LogP contribution is -2.01. The van der Waals surface area contributed by atoms with Crippen molar-refractivity contribution in [3.05, 3.63) is 181 Å². The molecule has 0 saturated heterocycles. The van der Waals surface area contributed by atoms with Crippen molar-refractivity contribution in [2.24, 2.45) is 0 Å². The van der Waals surface area contributed by atoms with Gasteiger partial charge in [0.15, 0.2) is 11.6 Å². The third-order valence-electron chi connectivity index (χ3n) is 9.30. The van der Waals surface area contributed by atoms with Crippen LogP contribution < -0.4 is 0 Å². The van der Waals surface area contributed by atoms with Crippen LogP contribution in [0.4, 0.5) is 0 Å². The quantitative estimate of drug-likeness (QED) is 0.184. The molecule has 9 rings (SSSR count). The number of hydrogen-bond acceptors (Lipinski definition) is 2. The molecule has 0 aliphatic heterocycles. The minimum absolute atomic E-state index is 0.700. The van der Waals surface area contributed by atoms with Gasteiger partial charge in [-0.15, -0.1) is 5.10 Å². The summed E-state index contributed by atoms with van der Waals surface area (Å²) in [4.78, 5) is 4.98.